The number of fused-ring (bicyclic) bond motifs is 1. The lowest BCUT2D eigenvalue weighted by Gasteiger charge is -2.25. The molecule has 150 valence electrons. The minimum Gasteiger partial charge on any atom is -0.507 e. The zero-order valence-corrected chi connectivity index (χ0v) is 16.3. The van der Waals surface area contributed by atoms with E-state index in [0.717, 1.165) is 5.39 Å². The van der Waals surface area contributed by atoms with Gasteiger partial charge in [-0.25, -0.2) is 4.79 Å². The molecule has 3 rings (SSSR count). The first kappa shape index (κ1) is 20.2. The monoisotopic (exact) mass is 393 g/mol. The van der Waals surface area contributed by atoms with Crippen LogP contribution in [-0.2, 0) is 9.47 Å². The van der Waals surface area contributed by atoms with Crippen LogP contribution in [0.5, 0.6) is 11.5 Å². The molecule has 0 aliphatic carbocycles. The molecule has 3 aromatic rings. The Morgan fingerprint density at radius 2 is 1.72 bits per heavy atom. The van der Waals surface area contributed by atoms with Crippen molar-refractivity contribution < 1.29 is 24.1 Å². The Balaban J connectivity index is 1.91. The normalized spacial score (nSPS) is 12.8. The number of hydrogen-bond acceptors (Lipinski definition) is 5. The SMILES string of the molecule is C=C[C@H](OC)[C@@H](OC(=O)Nc1ccc(OC)cc1)c1ccc(O)c2ccccc12. The maximum atomic E-state index is 12.6. The van der Waals surface area contributed by atoms with Gasteiger partial charge in [0.2, 0.25) is 0 Å². The lowest BCUT2D eigenvalue weighted by molar-refractivity contribution is 0.00673. The number of methoxy groups -OCH3 is 2. The Bertz CT molecular complexity index is 1000. The van der Waals surface area contributed by atoms with Crippen LogP contribution < -0.4 is 10.1 Å². The number of phenolic OH excluding ortho intramolecular Hbond substituents is 1. The fraction of sp³-hybridized carbons (Fsp3) is 0.174. The van der Waals surface area contributed by atoms with Crippen molar-refractivity contribution in [3.05, 3.63) is 78.9 Å². The summed E-state index contributed by atoms with van der Waals surface area (Å²) in [7, 11) is 3.09. The number of carbonyl (C=O) groups excluding carboxylic acids is 1. The number of rotatable bonds is 7. The Hall–Kier alpha value is -3.51. The zero-order chi connectivity index (χ0) is 20.8. The number of aromatic hydroxyl groups is 1. The van der Waals surface area contributed by atoms with Crippen molar-refractivity contribution in [2.45, 2.75) is 12.2 Å². The molecule has 0 bridgehead atoms. The summed E-state index contributed by atoms with van der Waals surface area (Å²) in [5.74, 6) is 0.835. The van der Waals surface area contributed by atoms with E-state index in [2.05, 4.69) is 11.9 Å². The number of ether oxygens (including phenoxy) is 3. The van der Waals surface area contributed by atoms with Gasteiger partial charge >= 0.3 is 6.09 Å². The standard InChI is InChI=1S/C23H23NO5/c1-4-21(28-3)22(19-13-14-20(25)18-8-6-5-7-17(18)19)29-23(26)24-15-9-11-16(27-2)12-10-15/h4-14,21-22,25H,1H2,2-3H3,(H,24,26)/t21-,22-/m0/s1. The summed E-state index contributed by atoms with van der Waals surface area (Å²) in [6.07, 6.45) is -0.403. The van der Waals surface area contributed by atoms with E-state index in [1.54, 1.807) is 55.7 Å². The van der Waals surface area contributed by atoms with Gasteiger partial charge in [0, 0.05) is 23.7 Å². The highest BCUT2D eigenvalue weighted by atomic mass is 16.6. The third kappa shape index (κ3) is 4.50. The minimum atomic E-state index is -0.763. The van der Waals surface area contributed by atoms with Crippen LogP contribution in [0.25, 0.3) is 10.8 Å². The topological polar surface area (TPSA) is 77.0 Å². The summed E-state index contributed by atoms with van der Waals surface area (Å²) in [4.78, 5) is 12.6. The highest BCUT2D eigenvalue weighted by molar-refractivity contribution is 5.91. The molecule has 6 nitrogen and oxygen atoms in total. The molecule has 0 heterocycles. The molecule has 3 aromatic carbocycles. The molecule has 0 saturated heterocycles. The molecule has 0 saturated carbocycles. The first-order chi connectivity index (χ1) is 14.1. The van der Waals surface area contributed by atoms with Crippen LogP contribution in [0.1, 0.15) is 11.7 Å². The number of phenols is 1. The summed E-state index contributed by atoms with van der Waals surface area (Å²) < 4.78 is 16.3. The summed E-state index contributed by atoms with van der Waals surface area (Å²) in [5, 5.41) is 14.3. The average Bonchev–Trinajstić information content (AvgIpc) is 2.75. The molecule has 6 heteroatoms. The quantitative estimate of drug-likeness (QED) is 0.550. The summed E-state index contributed by atoms with van der Waals surface area (Å²) in [6.45, 7) is 3.79. The molecular formula is C23H23NO5. The molecule has 2 N–H and O–H groups in total. The molecule has 29 heavy (non-hydrogen) atoms. The Morgan fingerprint density at radius 1 is 1.03 bits per heavy atom. The van der Waals surface area contributed by atoms with Gasteiger partial charge in [0.25, 0.3) is 0 Å². The van der Waals surface area contributed by atoms with Gasteiger partial charge in [0.1, 0.15) is 17.6 Å². The molecule has 0 aliphatic rings. The number of nitrogens with one attached hydrogen (secondary N) is 1. The molecule has 0 spiro atoms. The second-order valence-corrected chi connectivity index (χ2v) is 6.33. The first-order valence-corrected chi connectivity index (χ1v) is 9.05. The second-order valence-electron chi connectivity index (χ2n) is 6.33. The Kier molecular flexibility index (Phi) is 6.36. The molecule has 0 fully saturated rings. The summed E-state index contributed by atoms with van der Waals surface area (Å²) >= 11 is 0. The van der Waals surface area contributed by atoms with Crippen molar-refractivity contribution >= 4 is 22.6 Å². The Labute approximate surface area is 169 Å². The van der Waals surface area contributed by atoms with Crippen LogP contribution in [0.2, 0.25) is 0 Å². The second kappa shape index (κ2) is 9.12. The van der Waals surface area contributed by atoms with Crippen molar-refractivity contribution in [3.8, 4) is 11.5 Å². The van der Waals surface area contributed by atoms with Gasteiger partial charge in [0.05, 0.1) is 7.11 Å². The van der Waals surface area contributed by atoms with Crippen molar-refractivity contribution in [1.82, 2.24) is 0 Å². The van der Waals surface area contributed by atoms with E-state index >= 15 is 0 Å². The van der Waals surface area contributed by atoms with E-state index in [0.29, 0.717) is 22.4 Å². The zero-order valence-electron chi connectivity index (χ0n) is 16.3. The van der Waals surface area contributed by atoms with E-state index in [1.165, 1.54) is 7.11 Å². The smallest absolute Gasteiger partial charge is 0.412 e. The van der Waals surface area contributed by atoms with E-state index < -0.39 is 18.3 Å². The van der Waals surface area contributed by atoms with Crippen LogP contribution in [0.15, 0.2) is 73.3 Å². The van der Waals surface area contributed by atoms with Crippen molar-refractivity contribution in [2.24, 2.45) is 0 Å². The van der Waals surface area contributed by atoms with Gasteiger partial charge in [-0.1, -0.05) is 36.4 Å². The minimum absolute atomic E-state index is 0.151. The third-order valence-corrected chi connectivity index (χ3v) is 4.61. The molecular weight excluding hydrogens is 370 g/mol. The van der Waals surface area contributed by atoms with Crippen LogP contribution in [0.4, 0.5) is 10.5 Å². The van der Waals surface area contributed by atoms with Crippen LogP contribution in [-0.4, -0.2) is 31.5 Å². The molecule has 0 aliphatic heterocycles. The number of amides is 1. The van der Waals surface area contributed by atoms with E-state index in [9.17, 15) is 9.90 Å². The van der Waals surface area contributed by atoms with Gasteiger partial charge in [-0.05, 0) is 35.7 Å². The fourth-order valence-corrected chi connectivity index (χ4v) is 3.14. The van der Waals surface area contributed by atoms with Crippen molar-refractivity contribution in [1.29, 1.82) is 0 Å². The maximum Gasteiger partial charge on any atom is 0.412 e. The van der Waals surface area contributed by atoms with Crippen LogP contribution in [0, 0.1) is 0 Å². The van der Waals surface area contributed by atoms with Gasteiger partial charge in [0.15, 0.2) is 6.10 Å². The fourth-order valence-electron chi connectivity index (χ4n) is 3.14. The molecule has 0 aromatic heterocycles. The van der Waals surface area contributed by atoms with Crippen molar-refractivity contribution in [2.75, 3.05) is 19.5 Å². The van der Waals surface area contributed by atoms with Crippen LogP contribution in [0.3, 0.4) is 0 Å². The average molecular weight is 393 g/mol. The molecule has 0 radical (unpaired) electrons. The number of carbonyl (C=O) groups is 1. The van der Waals surface area contributed by atoms with Gasteiger partial charge in [-0.15, -0.1) is 6.58 Å². The Morgan fingerprint density at radius 3 is 2.34 bits per heavy atom. The predicted octanol–water partition coefficient (Wildman–Crippen LogP) is 5.04. The number of benzene rings is 3. The predicted molar refractivity (Wildman–Crippen MR) is 112 cm³/mol. The maximum absolute atomic E-state index is 12.6. The third-order valence-electron chi connectivity index (χ3n) is 4.61. The highest BCUT2D eigenvalue weighted by Crippen LogP contribution is 2.35. The van der Waals surface area contributed by atoms with Crippen molar-refractivity contribution in [3.63, 3.8) is 0 Å². The summed E-state index contributed by atoms with van der Waals surface area (Å²) in [6, 6.07) is 17.6. The first-order valence-electron chi connectivity index (χ1n) is 9.05. The van der Waals surface area contributed by atoms with Gasteiger partial charge in [-0.2, -0.15) is 0 Å². The number of anilines is 1. The largest absolute Gasteiger partial charge is 0.507 e. The van der Waals surface area contributed by atoms with Gasteiger partial charge < -0.3 is 19.3 Å². The summed E-state index contributed by atoms with van der Waals surface area (Å²) in [5.41, 5.74) is 1.27. The van der Waals surface area contributed by atoms with Gasteiger partial charge in [-0.3, -0.25) is 5.32 Å². The molecule has 0 unspecified atom stereocenters. The molecule has 1 amide bonds. The number of hydrogen-bond donors (Lipinski definition) is 2. The lowest BCUT2D eigenvalue weighted by atomic mass is 9.96. The lowest BCUT2D eigenvalue weighted by Crippen LogP contribution is -2.26. The van der Waals surface area contributed by atoms with Crippen LogP contribution >= 0.6 is 0 Å². The molecule has 2 atom stereocenters. The van der Waals surface area contributed by atoms with E-state index in [-0.39, 0.29) is 5.75 Å². The van der Waals surface area contributed by atoms with E-state index in [1.807, 2.05) is 18.2 Å². The van der Waals surface area contributed by atoms with E-state index in [4.69, 9.17) is 14.2 Å². The highest BCUT2D eigenvalue weighted by Gasteiger charge is 2.27.